The van der Waals surface area contributed by atoms with Crippen molar-refractivity contribution in [3.8, 4) is 0 Å². The lowest BCUT2D eigenvalue weighted by molar-refractivity contribution is -0.136. The van der Waals surface area contributed by atoms with Crippen LogP contribution in [0.5, 0.6) is 0 Å². The summed E-state index contributed by atoms with van der Waals surface area (Å²) < 4.78 is 4.77. The van der Waals surface area contributed by atoms with E-state index in [9.17, 15) is 4.79 Å². The molecule has 0 spiro atoms. The Balaban J connectivity index is 1.98. The number of hydrogen-bond donors (Lipinski definition) is 1. The maximum absolute atomic E-state index is 11.5. The molecule has 1 aromatic rings. The Morgan fingerprint density at radius 3 is 3.00 bits per heavy atom. The van der Waals surface area contributed by atoms with E-state index in [-0.39, 0.29) is 5.97 Å². The largest absolute Gasteiger partial charge is 0.466 e. The van der Waals surface area contributed by atoms with E-state index < -0.39 is 0 Å². The summed E-state index contributed by atoms with van der Waals surface area (Å²) in [5.41, 5.74) is 3.59. The minimum absolute atomic E-state index is 0.224. The molecule has 0 bridgehead atoms. The number of fused-ring (bicyclic) bond motifs is 1. The molecule has 1 aliphatic rings. The number of ether oxygens (including phenoxy) is 1. The van der Waals surface area contributed by atoms with Crippen LogP contribution in [0, 0.1) is 0 Å². The molecule has 1 N–H and O–H groups in total. The standard InChI is InChI=1S/C17H23NO2/c1-3-13(17(19)20-2)11-12-18-16-10-6-8-14-7-4-5-9-15(14)16/h4-5,7,9,11,16,18H,3,6,8,10,12H2,1-2H3/b13-11-. The fraction of sp³-hybridized carbons (Fsp3) is 0.471. The van der Waals surface area contributed by atoms with E-state index in [2.05, 4.69) is 29.6 Å². The Morgan fingerprint density at radius 2 is 2.25 bits per heavy atom. The lowest BCUT2D eigenvalue weighted by Crippen LogP contribution is -2.25. The lowest BCUT2D eigenvalue weighted by atomic mass is 9.88. The van der Waals surface area contributed by atoms with Gasteiger partial charge in [0, 0.05) is 18.2 Å². The Morgan fingerprint density at radius 1 is 1.45 bits per heavy atom. The van der Waals surface area contributed by atoms with E-state index >= 15 is 0 Å². The Kier molecular flexibility index (Phi) is 5.36. The van der Waals surface area contributed by atoms with Crippen molar-refractivity contribution in [3.63, 3.8) is 0 Å². The van der Waals surface area contributed by atoms with Crippen LogP contribution in [0.2, 0.25) is 0 Å². The summed E-state index contributed by atoms with van der Waals surface area (Å²) in [5.74, 6) is -0.224. The molecule has 0 saturated heterocycles. The third kappa shape index (κ3) is 3.48. The molecule has 108 valence electrons. The van der Waals surface area contributed by atoms with Crippen LogP contribution in [0.25, 0.3) is 0 Å². The van der Waals surface area contributed by atoms with Gasteiger partial charge in [-0.05, 0) is 36.8 Å². The van der Waals surface area contributed by atoms with Gasteiger partial charge in [-0.1, -0.05) is 37.3 Å². The molecule has 0 fully saturated rings. The minimum atomic E-state index is -0.224. The molecule has 1 atom stereocenters. The van der Waals surface area contributed by atoms with Crippen molar-refractivity contribution in [1.29, 1.82) is 0 Å². The molecule has 0 saturated carbocycles. The van der Waals surface area contributed by atoms with Crippen molar-refractivity contribution < 1.29 is 9.53 Å². The highest BCUT2D eigenvalue weighted by atomic mass is 16.5. The van der Waals surface area contributed by atoms with Crippen molar-refractivity contribution in [2.45, 2.75) is 38.6 Å². The molecule has 0 aromatic heterocycles. The minimum Gasteiger partial charge on any atom is -0.466 e. The topological polar surface area (TPSA) is 38.3 Å². The van der Waals surface area contributed by atoms with Gasteiger partial charge < -0.3 is 10.1 Å². The maximum atomic E-state index is 11.5. The maximum Gasteiger partial charge on any atom is 0.333 e. The number of nitrogens with one attached hydrogen (secondary N) is 1. The molecule has 3 heteroatoms. The fourth-order valence-electron chi connectivity index (χ4n) is 2.79. The number of rotatable bonds is 5. The van der Waals surface area contributed by atoms with Gasteiger partial charge in [0.15, 0.2) is 0 Å². The second-order valence-corrected chi connectivity index (χ2v) is 5.13. The number of carbonyl (C=O) groups is 1. The zero-order chi connectivity index (χ0) is 14.4. The van der Waals surface area contributed by atoms with E-state index in [1.54, 1.807) is 0 Å². The molecule has 0 amide bonds. The van der Waals surface area contributed by atoms with Crippen molar-refractivity contribution in [3.05, 3.63) is 47.0 Å². The van der Waals surface area contributed by atoms with Crippen LogP contribution in [-0.4, -0.2) is 19.6 Å². The molecule has 3 nitrogen and oxygen atoms in total. The van der Waals surface area contributed by atoms with Crippen molar-refractivity contribution in [2.24, 2.45) is 0 Å². The van der Waals surface area contributed by atoms with Gasteiger partial charge in [-0.25, -0.2) is 4.79 Å². The Labute approximate surface area is 121 Å². The predicted molar refractivity (Wildman–Crippen MR) is 80.5 cm³/mol. The first-order chi connectivity index (χ1) is 9.76. The average Bonchev–Trinajstić information content (AvgIpc) is 2.51. The zero-order valence-corrected chi connectivity index (χ0v) is 12.3. The van der Waals surface area contributed by atoms with Gasteiger partial charge in [0.25, 0.3) is 0 Å². The Hall–Kier alpha value is -1.61. The zero-order valence-electron chi connectivity index (χ0n) is 12.3. The number of carbonyl (C=O) groups excluding carboxylic acids is 1. The van der Waals surface area contributed by atoms with Crippen molar-refractivity contribution in [2.75, 3.05) is 13.7 Å². The summed E-state index contributed by atoms with van der Waals surface area (Å²) in [6.45, 7) is 2.68. The molecule has 1 unspecified atom stereocenters. The van der Waals surface area contributed by atoms with Crippen molar-refractivity contribution >= 4 is 5.97 Å². The third-order valence-electron chi connectivity index (χ3n) is 3.91. The Bertz CT molecular complexity index is 494. The van der Waals surface area contributed by atoms with Crippen LogP contribution in [0.4, 0.5) is 0 Å². The van der Waals surface area contributed by atoms with Gasteiger partial charge >= 0.3 is 5.97 Å². The van der Waals surface area contributed by atoms with Crippen LogP contribution >= 0.6 is 0 Å². The van der Waals surface area contributed by atoms with Crippen LogP contribution in [0.3, 0.4) is 0 Å². The fourth-order valence-corrected chi connectivity index (χ4v) is 2.79. The summed E-state index contributed by atoms with van der Waals surface area (Å²) >= 11 is 0. The molecule has 20 heavy (non-hydrogen) atoms. The van der Waals surface area contributed by atoms with Gasteiger partial charge in [0.2, 0.25) is 0 Å². The van der Waals surface area contributed by atoms with E-state index in [1.165, 1.54) is 31.1 Å². The number of methoxy groups -OCH3 is 1. The van der Waals surface area contributed by atoms with E-state index in [0.29, 0.717) is 19.0 Å². The molecule has 1 aromatic carbocycles. The van der Waals surface area contributed by atoms with Crippen LogP contribution in [0.1, 0.15) is 43.4 Å². The highest BCUT2D eigenvalue weighted by Crippen LogP contribution is 2.29. The monoisotopic (exact) mass is 273 g/mol. The van der Waals surface area contributed by atoms with E-state index in [1.807, 2.05) is 13.0 Å². The summed E-state index contributed by atoms with van der Waals surface area (Å²) in [4.78, 5) is 11.5. The molecule has 0 radical (unpaired) electrons. The SMILES string of the molecule is CC/C(=C/CNC1CCCc2ccccc21)C(=O)OC. The van der Waals surface area contributed by atoms with Gasteiger partial charge in [0.1, 0.15) is 0 Å². The van der Waals surface area contributed by atoms with Crippen molar-refractivity contribution in [1.82, 2.24) is 5.32 Å². The molecular formula is C17H23NO2. The first-order valence-electron chi connectivity index (χ1n) is 7.34. The van der Waals surface area contributed by atoms with Crippen LogP contribution in [-0.2, 0) is 16.0 Å². The van der Waals surface area contributed by atoms with Gasteiger partial charge in [-0.2, -0.15) is 0 Å². The highest BCUT2D eigenvalue weighted by molar-refractivity contribution is 5.88. The first-order valence-corrected chi connectivity index (χ1v) is 7.34. The van der Waals surface area contributed by atoms with E-state index in [0.717, 1.165) is 12.0 Å². The highest BCUT2D eigenvalue weighted by Gasteiger charge is 2.18. The normalized spacial score (nSPS) is 18.5. The summed E-state index contributed by atoms with van der Waals surface area (Å²) in [7, 11) is 1.43. The third-order valence-corrected chi connectivity index (χ3v) is 3.91. The second kappa shape index (κ2) is 7.25. The van der Waals surface area contributed by atoms with Crippen LogP contribution in [0.15, 0.2) is 35.9 Å². The average molecular weight is 273 g/mol. The molecule has 0 heterocycles. The first kappa shape index (κ1) is 14.8. The smallest absolute Gasteiger partial charge is 0.333 e. The van der Waals surface area contributed by atoms with Gasteiger partial charge in [-0.3, -0.25) is 0 Å². The van der Waals surface area contributed by atoms with Crippen LogP contribution < -0.4 is 5.32 Å². The number of esters is 1. The lowest BCUT2D eigenvalue weighted by Gasteiger charge is -2.26. The summed E-state index contributed by atoms with van der Waals surface area (Å²) in [6, 6.07) is 9.02. The molecule has 0 aliphatic heterocycles. The predicted octanol–water partition coefficient (Wildman–Crippen LogP) is 3.16. The second-order valence-electron chi connectivity index (χ2n) is 5.13. The molecule has 1 aliphatic carbocycles. The summed E-state index contributed by atoms with van der Waals surface area (Å²) in [6.07, 6.45) is 6.20. The summed E-state index contributed by atoms with van der Waals surface area (Å²) in [5, 5.41) is 3.54. The van der Waals surface area contributed by atoms with E-state index in [4.69, 9.17) is 4.74 Å². The van der Waals surface area contributed by atoms with Gasteiger partial charge in [0.05, 0.1) is 7.11 Å². The quantitative estimate of drug-likeness (QED) is 0.661. The molecular weight excluding hydrogens is 250 g/mol. The number of aryl methyl sites for hydroxylation is 1. The van der Waals surface area contributed by atoms with Gasteiger partial charge in [-0.15, -0.1) is 0 Å². The molecule has 2 rings (SSSR count). The number of benzene rings is 1. The number of hydrogen-bond acceptors (Lipinski definition) is 3.